The molecule has 0 amide bonds. The van der Waals surface area contributed by atoms with E-state index in [2.05, 4.69) is 4.98 Å². The molecule has 0 saturated heterocycles. The molecule has 1 heterocycles. The van der Waals surface area contributed by atoms with E-state index in [0.29, 0.717) is 21.9 Å². The monoisotopic (exact) mass is 441 g/mol. The molecule has 0 aliphatic heterocycles. The first-order valence-corrected chi connectivity index (χ1v) is 10.3. The first kappa shape index (κ1) is 21.3. The van der Waals surface area contributed by atoms with E-state index in [9.17, 15) is 0 Å². The van der Waals surface area contributed by atoms with Crippen molar-refractivity contribution in [2.24, 2.45) is 0 Å². The summed E-state index contributed by atoms with van der Waals surface area (Å²) in [5.74, 6) is 0.373. The molecular weight excluding hydrogens is 422 g/mol. The number of aromatic nitrogens is 1. The van der Waals surface area contributed by atoms with E-state index < -0.39 is 0 Å². The third-order valence-electron chi connectivity index (χ3n) is 4.81. The summed E-state index contributed by atoms with van der Waals surface area (Å²) in [6.45, 7) is 0.281. The molecule has 2 N–H and O–H groups in total. The number of ether oxygens (including phenoxy) is 2. The van der Waals surface area contributed by atoms with Crippen molar-refractivity contribution in [3.05, 3.63) is 107 Å². The van der Waals surface area contributed by atoms with Crippen molar-refractivity contribution in [1.82, 2.24) is 4.98 Å². The Labute approximate surface area is 190 Å². The minimum Gasteiger partial charge on any atom is -0.486 e. The zero-order valence-electron chi connectivity index (χ0n) is 17.1. The van der Waals surface area contributed by atoms with E-state index in [-0.39, 0.29) is 12.5 Å². The molecule has 0 radical (unpaired) electrons. The molecule has 0 atom stereocenters. The van der Waals surface area contributed by atoms with Gasteiger partial charge in [0.05, 0.1) is 16.2 Å². The van der Waals surface area contributed by atoms with Gasteiger partial charge in [0, 0.05) is 11.0 Å². The van der Waals surface area contributed by atoms with E-state index in [1.165, 1.54) is 0 Å². The van der Waals surface area contributed by atoms with Crippen molar-refractivity contribution in [1.29, 1.82) is 10.8 Å². The number of benzene rings is 3. The van der Waals surface area contributed by atoms with Crippen LogP contribution in [-0.2, 0) is 11.3 Å². The zero-order chi connectivity index (χ0) is 22.3. The molecule has 0 bridgehead atoms. The summed E-state index contributed by atoms with van der Waals surface area (Å²) < 4.78 is 10.9. The van der Waals surface area contributed by atoms with Gasteiger partial charge in [-0.2, -0.15) is 0 Å². The Morgan fingerprint density at radius 2 is 1.72 bits per heavy atom. The summed E-state index contributed by atoms with van der Waals surface area (Å²) in [6, 6.07) is 26.8. The van der Waals surface area contributed by atoms with E-state index in [0.717, 1.165) is 28.6 Å². The fraction of sp³-hybridized carbons (Fsp3) is 0.0385. The summed E-state index contributed by atoms with van der Waals surface area (Å²) in [6.07, 6.45) is 2.55. The number of rotatable bonds is 7. The maximum atomic E-state index is 8.19. The van der Waals surface area contributed by atoms with Crippen molar-refractivity contribution in [3.63, 3.8) is 0 Å². The molecule has 0 aliphatic rings. The highest BCUT2D eigenvalue weighted by atomic mass is 35.5. The second kappa shape index (κ2) is 9.90. The number of nitrogens with one attached hydrogen (secondary N) is 2. The summed E-state index contributed by atoms with van der Waals surface area (Å²) >= 11 is 6.49. The molecule has 0 fully saturated rings. The topological polar surface area (TPSA) is 79.0 Å². The molecule has 1 aromatic heterocycles. The van der Waals surface area contributed by atoms with Crippen molar-refractivity contribution in [2.45, 2.75) is 6.61 Å². The Morgan fingerprint density at radius 1 is 0.938 bits per heavy atom. The van der Waals surface area contributed by atoms with Crippen molar-refractivity contribution < 1.29 is 9.47 Å². The van der Waals surface area contributed by atoms with Crippen LogP contribution in [0.5, 0.6) is 5.75 Å². The Kier molecular flexibility index (Phi) is 6.58. The number of halogens is 1. The molecule has 0 spiro atoms. The Hall–Kier alpha value is -3.96. The molecule has 5 nitrogen and oxygen atoms in total. The fourth-order valence-electron chi connectivity index (χ4n) is 3.24. The smallest absolute Gasteiger partial charge is 0.221 e. The lowest BCUT2D eigenvalue weighted by Crippen LogP contribution is -2.05. The molecule has 4 rings (SSSR count). The largest absolute Gasteiger partial charge is 0.486 e. The van der Waals surface area contributed by atoms with Crippen LogP contribution in [-0.4, -0.2) is 17.3 Å². The molecular formula is C26H20ClN3O2. The van der Waals surface area contributed by atoms with E-state index >= 15 is 0 Å². The second-order valence-electron chi connectivity index (χ2n) is 6.96. The predicted molar refractivity (Wildman–Crippen MR) is 129 cm³/mol. The van der Waals surface area contributed by atoms with Crippen molar-refractivity contribution >= 4 is 46.5 Å². The van der Waals surface area contributed by atoms with Crippen LogP contribution in [0.2, 0.25) is 5.02 Å². The van der Waals surface area contributed by atoms with Crippen LogP contribution in [0, 0.1) is 10.8 Å². The van der Waals surface area contributed by atoms with Crippen LogP contribution in [0.1, 0.15) is 16.8 Å². The Morgan fingerprint density at radius 3 is 2.50 bits per heavy atom. The van der Waals surface area contributed by atoms with Gasteiger partial charge in [-0.25, -0.2) is 4.98 Å². The van der Waals surface area contributed by atoms with Gasteiger partial charge < -0.3 is 9.47 Å². The fourth-order valence-corrected chi connectivity index (χ4v) is 3.48. The highest BCUT2D eigenvalue weighted by molar-refractivity contribution is 6.33. The van der Waals surface area contributed by atoms with Gasteiger partial charge in [-0.05, 0) is 41.5 Å². The van der Waals surface area contributed by atoms with Gasteiger partial charge in [-0.1, -0.05) is 72.3 Å². The third kappa shape index (κ3) is 5.02. The van der Waals surface area contributed by atoms with E-state index in [4.69, 9.17) is 31.9 Å². The quantitative estimate of drug-likeness (QED) is 0.192. The van der Waals surface area contributed by atoms with Gasteiger partial charge in [0.2, 0.25) is 5.90 Å². The normalized spacial score (nSPS) is 11.2. The van der Waals surface area contributed by atoms with Gasteiger partial charge in [0.1, 0.15) is 12.4 Å². The Bertz CT molecular complexity index is 1300. The lowest BCUT2D eigenvalue weighted by molar-refractivity contribution is 0.302. The first-order valence-electron chi connectivity index (χ1n) is 9.93. The predicted octanol–water partition coefficient (Wildman–Crippen LogP) is 6.61. The standard InChI is InChI=1S/C26H20ClN3O2/c27-23-15-20(22(26(29)32-17-28)14-18-6-2-1-3-7-18)11-13-25(23)31-16-21-12-10-19-8-4-5-9-24(19)30-21/h1-15,17,28-29H,16H2. The van der Waals surface area contributed by atoms with E-state index in [1.807, 2.05) is 78.9 Å². The van der Waals surface area contributed by atoms with Gasteiger partial charge in [-0.15, -0.1) is 0 Å². The summed E-state index contributed by atoms with van der Waals surface area (Å²) in [4.78, 5) is 4.61. The number of hydrogen-bond acceptors (Lipinski definition) is 5. The van der Waals surface area contributed by atoms with Crippen LogP contribution >= 0.6 is 11.6 Å². The molecule has 0 aliphatic carbocycles. The highest BCUT2D eigenvalue weighted by Gasteiger charge is 2.13. The average Bonchev–Trinajstić information content (AvgIpc) is 2.82. The average molecular weight is 442 g/mol. The summed E-state index contributed by atoms with van der Waals surface area (Å²) in [5.41, 5.74) is 3.80. The van der Waals surface area contributed by atoms with Gasteiger partial charge in [0.15, 0.2) is 6.40 Å². The van der Waals surface area contributed by atoms with Crippen LogP contribution in [0.3, 0.4) is 0 Å². The second-order valence-corrected chi connectivity index (χ2v) is 7.37. The van der Waals surface area contributed by atoms with Crippen molar-refractivity contribution in [3.8, 4) is 5.75 Å². The number of nitrogens with zero attached hydrogens (tertiary/aromatic N) is 1. The first-order chi connectivity index (χ1) is 15.6. The lowest BCUT2D eigenvalue weighted by Gasteiger charge is -2.12. The lowest BCUT2D eigenvalue weighted by atomic mass is 10.0. The van der Waals surface area contributed by atoms with Crippen LogP contribution in [0.4, 0.5) is 0 Å². The zero-order valence-corrected chi connectivity index (χ0v) is 17.8. The number of fused-ring (bicyclic) bond motifs is 1. The molecule has 158 valence electrons. The molecule has 3 aromatic carbocycles. The minimum absolute atomic E-state index is 0.144. The minimum atomic E-state index is -0.144. The van der Waals surface area contributed by atoms with Crippen LogP contribution in [0.15, 0.2) is 84.9 Å². The van der Waals surface area contributed by atoms with Gasteiger partial charge >= 0.3 is 0 Å². The summed E-state index contributed by atoms with van der Waals surface area (Å²) in [7, 11) is 0. The molecule has 0 unspecified atom stereocenters. The Balaban J connectivity index is 1.56. The van der Waals surface area contributed by atoms with E-state index in [1.54, 1.807) is 12.1 Å². The van der Waals surface area contributed by atoms with Crippen LogP contribution < -0.4 is 4.74 Å². The van der Waals surface area contributed by atoms with Crippen LogP contribution in [0.25, 0.3) is 22.6 Å². The van der Waals surface area contributed by atoms with Gasteiger partial charge in [-0.3, -0.25) is 10.8 Å². The number of para-hydroxylation sites is 1. The SMILES string of the molecule is N=COC(=N)C(=Cc1ccccc1)c1ccc(OCc2ccc3ccccc3n2)c(Cl)c1. The number of pyridine rings is 1. The molecule has 32 heavy (non-hydrogen) atoms. The van der Waals surface area contributed by atoms with Gasteiger partial charge in [0.25, 0.3) is 0 Å². The maximum absolute atomic E-state index is 8.19. The highest BCUT2D eigenvalue weighted by Crippen LogP contribution is 2.30. The van der Waals surface area contributed by atoms with Crippen molar-refractivity contribution in [2.75, 3.05) is 0 Å². The molecule has 6 heteroatoms. The molecule has 4 aromatic rings. The summed E-state index contributed by atoms with van der Waals surface area (Å²) in [5, 5.41) is 16.8. The molecule has 0 saturated carbocycles. The maximum Gasteiger partial charge on any atom is 0.221 e. The number of hydrogen-bond donors (Lipinski definition) is 2. The third-order valence-corrected chi connectivity index (χ3v) is 5.10.